The van der Waals surface area contributed by atoms with Crippen LogP contribution in [0, 0.1) is 0 Å². The third-order valence-corrected chi connectivity index (χ3v) is 4.56. The van der Waals surface area contributed by atoms with Crippen molar-refractivity contribution in [2.24, 2.45) is 0 Å². The van der Waals surface area contributed by atoms with Crippen LogP contribution in [0.5, 0.6) is 0 Å². The quantitative estimate of drug-likeness (QED) is 0.757. The van der Waals surface area contributed by atoms with Gasteiger partial charge < -0.3 is 4.74 Å². The van der Waals surface area contributed by atoms with E-state index >= 15 is 0 Å². The van der Waals surface area contributed by atoms with Crippen molar-refractivity contribution in [3.8, 4) is 0 Å². The molecule has 1 aliphatic heterocycles. The van der Waals surface area contributed by atoms with Crippen LogP contribution in [0.4, 0.5) is 0 Å². The maximum absolute atomic E-state index is 11.9. The van der Waals surface area contributed by atoms with Crippen molar-refractivity contribution in [1.29, 1.82) is 0 Å². The van der Waals surface area contributed by atoms with E-state index in [2.05, 4.69) is 46.2 Å². The van der Waals surface area contributed by atoms with Crippen molar-refractivity contribution in [2.45, 2.75) is 32.7 Å². The summed E-state index contributed by atoms with van der Waals surface area (Å²) in [5.41, 5.74) is 2.54. The second-order valence-electron chi connectivity index (χ2n) is 6.47. The fourth-order valence-corrected chi connectivity index (χ4v) is 3.17. The van der Waals surface area contributed by atoms with Crippen LogP contribution in [-0.4, -0.2) is 41.6 Å². The van der Waals surface area contributed by atoms with Crippen LogP contribution in [0.2, 0.25) is 0 Å². The molecule has 0 N–H and O–H groups in total. The fourth-order valence-electron chi connectivity index (χ4n) is 3.17. The van der Waals surface area contributed by atoms with E-state index in [0.29, 0.717) is 6.42 Å². The van der Waals surface area contributed by atoms with Gasteiger partial charge in [-0.15, -0.1) is 0 Å². The smallest absolute Gasteiger partial charge is 0.307 e. The van der Waals surface area contributed by atoms with Gasteiger partial charge in [-0.2, -0.15) is 0 Å². The van der Waals surface area contributed by atoms with Gasteiger partial charge in [0, 0.05) is 39.1 Å². The molecule has 4 heteroatoms. The normalized spacial score (nSPS) is 18.8. The van der Waals surface area contributed by atoms with Gasteiger partial charge in [-0.25, -0.2) is 0 Å². The molecule has 1 aliphatic rings. The lowest BCUT2D eigenvalue weighted by Gasteiger charge is -2.40. The molecular weight excluding hydrogens is 312 g/mol. The highest BCUT2D eigenvalue weighted by Gasteiger charge is 2.29. The van der Waals surface area contributed by atoms with Crippen LogP contribution < -0.4 is 0 Å². The first kappa shape index (κ1) is 17.6. The summed E-state index contributed by atoms with van der Waals surface area (Å²) in [6.07, 6.45) is 0.221. The van der Waals surface area contributed by atoms with Gasteiger partial charge in [0.1, 0.15) is 0 Å². The Balaban J connectivity index is 1.66. The Kier molecular flexibility index (Phi) is 6.20. The van der Waals surface area contributed by atoms with E-state index in [1.54, 1.807) is 0 Å². The minimum absolute atomic E-state index is 0.135. The molecular formula is C21H26N2O2. The van der Waals surface area contributed by atoms with E-state index in [-0.39, 0.29) is 12.2 Å². The molecule has 0 bridgehead atoms. The average Bonchev–Trinajstić information content (AvgIpc) is 2.65. The summed E-state index contributed by atoms with van der Waals surface area (Å²) in [4.78, 5) is 16.5. The molecule has 0 spiro atoms. The number of benzene rings is 2. The number of rotatable bonds is 6. The van der Waals surface area contributed by atoms with Gasteiger partial charge in [0.2, 0.25) is 0 Å². The molecule has 0 aliphatic carbocycles. The molecule has 1 saturated heterocycles. The molecule has 1 heterocycles. The van der Waals surface area contributed by atoms with Gasteiger partial charge >= 0.3 is 5.97 Å². The van der Waals surface area contributed by atoms with Gasteiger partial charge in [-0.05, 0) is 11.1 Å². The van der Waals surface area contributed by atoms with Crippen LogP contribution >= 0.6 is 0 Å². The first-order valence-electron chi connectivity index (χ1n) is 8.98. The van der Waals surface area contributed by atoms with Crippen molar-refractivity contribution < 1.29 is 9.53 Å². The second kappa shape index (κ2) is 8.79. The zero-order valence-corrected chi connectivity index (χ0v) is 14.8. The molecule has 132 valence electrons. The third-order valence-electron chi connectivity index (χ3n) is 4.56. The lowest BCUT2D eigenvalue weighted by molar-refractivity contribution is -0.166. The maximum atomic E-state index is 11.9. The maximum Gasteiger partial charge on any atom is 0.307 e. The summed E-state index contributed by atoms with van der Waals surface area (Å²) in [5.74, 6) is -0.135. The largest absolute Gasteiger partial charge is 0.445 e. The molecule has 0 amide bonds. The van der Waals surface area contributed by atoms with Crippen LogP contribution in [-0.2, 0) is 22.6 Å². The molecule has 0 radical (unpaired) electrons. The molecule has 0 aromatic heterocycles. The van der Waals surface area contributed by atoms with Crippen molar-refractivity contribution in [3.05, 3.63) is 71.8 Å². The van der Waals surface area contributed by atoms with Crippen LogP contribution in [0.25, 0.3) is 0 Å². The summed E-state index contributed by atoms with van der Waals surface area (Å²) in [7, 11) is 0. The summed E-state index contributed by atoms with van der Waals surface area (Å²) in [5, 5.41) is 0. The number of piperazine rings is 1. The first-order valence-corrected chi connectivity index (χ1v) is 8.98. The molecule has 3 rings (SSSR count). The standard InChI is InChI=1S/C21H26N2O2/c1-2-21(24)25-20-17-22(15-18-9-5-3-6-10-18)13-14-23(20)16-19-11-7-4-8-12-19/h3-12,20H,2,13-17H2,1H3. The predicted octanol–water partition coefficient (Wildman–Crippen LogP) is 3.28. The van der Waals surface area contributed by atoms with E-state index in [0.717, 1.165) is 32.7 Å². The third kappa shape index (κ3) is 5.15. The van der Waals surface area contributed by atoms with Gasteiger partial charge in [0.15, 0.2) is 6.23 Å². The van der Waals surface area contributed by atoms with E-state index in [1.165, 1.54) is 11.1 Å². The molecule has 1 fully saturated rings. The molecule has 0 saturated carbocycles. The number of nitrogens with zero attached hydrogens (tertiary/aromatic N) is 2. The highest BCUT2D eigenvalue weighted by atomic mass is 16.6. The number of carbonyl (C=O) groups excluding carboxylic acids is 1. The van der Waals surface area contributed by atoms with E-state index in [9.17, 15) is 4.79 Å². The first-order chi connectivity index (χ1) is 12.2. The van der Waals surface area contributed by atoms with Gasteiger partial charge in [-0.3, -0.25) is 14.6 Å². The molecule has 2 aromatic rings. The highest BCUT2D eigenvalue weighted by Crippen LogP contribution is 2.17. The number of hydrogen-bond acceptors (Lipinski definition) is 4. The number of esters is 1. The van der Waals surface area contributed by atoms with Gasteiger partial charge in [-0.1, -0.05) is 67.6 Å². The lowest BCUT2D eigenvalue weighted by Crippen LogP contribution is -2.54. The zero-order valence-electron chi connectivity index (χ0n) is 14.8. The Labute approximate surface area is 150 Å². The topological polar surface area (TPSA) is 32.8 Å². The molecule has 4 nitrogen and oxygen atoms in total. The molecule has 1 unspecified atom stereocenters. The summed E-state index contributed by atoms with van der Waals surface area (Å²) in [6, 6.07) is 20.8. The molecule has 25 heavy (non-hydrogen) atoms. The van der Waals surface area contributed by atoms with Gasteiger partial charge in [0.05, 0.1) is 0 Å². The van der Waals surface area contributed by atoms with E-state index in [1.807, 2.05) is 31.2 Å². The van der Waals surface area contributed by atoms with Crippen molar-refractivity contribution in [1.82, 2.24) is 9.80 Å². The lowest BCUT2D eigenvalue weighted by atomic mass is 10.1. The minimum atomic E-state index is -0.190. The highest BCUT2D eigenvalue weighted by molar-refractivity contribution is 5.69. The number of ether oxygens (including phenoxy) is 1. The van der Waals surface area contributed by atoms with Crippen molar-refractivity contribution in [3.63, 3.8) is 0 Å². The van der Waals surface area contributed by atoms with Gasteiger partial charge in [0.25, 0.3) is 0 Å². The SMILES string of the molecule is CCC(=O)OC1CN(Cc2ccccc2)CCN1Cc1ccccc1. The summed E-state index contributed by atoms with van der Waals surface area (Å²) < 4.78 is 5.74. The predicted molar refractivity (Wildman–Crippen MR) is 98.7 cm³/mol. The number of carbonyl (C=O) groups is 1. The molecule has 2 aromatic carbocycles. The van der Waals surface area contributed by atoms with Crippen LogP contribution in [0.3, 0.4) is 0 Å². The van der Waals surface area contributed by atoms with E-state index in [4.69, 9.17) is 4.74 Å². The fraction of sp³-hybridized carbons (Fsp3) is 0.381. The average molecular weight is 338 g/mol. The summed E-state index contributed by atoms with van der Waals surface area (Å²) in [6.45, 7) is 6.15. The Morgan fingerprint density at radius 1 is 0.960 bits per heavy atom. The Bertz CT molecular complexity index is 660. The Morgan fingerprint density at radius 2 is 1.56 bits per heavy atom. The van der Waals surface area contributed by atoms with Crippen molar-refractivity contribution in [2.75, 3.05) is 19.6 Å². The van der Waals surface area contributed by atoms with E-state index < -0.39 is 0 Å². The monoisotopic (exact) mass is 338 g/mol. The Morgan fingerprint density at radius 3 is 2.16 bits per heavy atom. The van der Waals surface area contributed by atoms with Crippen molar-refractivity contribution >= 4 is 5.97 Å². The summed E-state index contributed by atoms with van der Waals surface area (Å²) >= 11 is 0. The van der Waals surface area contributed by atoms with Crippen LogP contribution in [0.15, 0.2) is 60.7 Å². The molecule has 1 atom stereocenters. The Hall–Kier alpha value is -2.17. The zero-order chi connectivity index (χ0) is 17.5. The van der Waals surface area contributed by atoms with Crippen LogP contribution in [0.1, 0.15) is 24.5 Å². The minimum Gasteiger partial charge on any atom is -0.445 e. The second-order valence-corrected chi connectivity index (χ2v) is 6.47. The number of hydrogen-bond donors (Lipinski definition) is 0.